The van der Waals surface area contributed by atoms with Crippen LogP contribution >= 0.6 is 0 Å². The highest BCUT2D eigenvalue weighted by atomic mass is 16.1. The average Bonchev–Trinajstić information content (AvgIpc) is 3.11. The maximum atomic E-state index is 12.4. The quantitative estimate of drug-likeness (QED) is 0.561. The summed E-state index contributed by atoms with van der Waals surface area (Å²) in [4.78, 5) is 25.4. The van der Waals surface area contributed by atoms with Gasteiger partial charge in [0.15, 0.2) is 0 Å². The molecular weight excluding hydrogens is 352 g/mol. The molecule has 0 aliphatic heterocycles. The number of hydrogen-bond donors (Lipinski definition) is 2. The van der Waals surface area contributed by atoms with Crippen LogP contribution in [0.3, 0.4) is 0 Å². The zero-order chi connectivity index (χ0) is 19.5. The van der Waals surface area contributed by atoms with E-state index in [9.17, 15) is 4.79 Å². The van der Waals surface area contributed by atoms with E-state index in [-0.39, 0.29) is 5.91 Å². The van der Waals surface area contributed by atoms with Gasteiger partial charge in [-0.1, -0.05) is 18.2 Å². The molecule has 1 aromatic carbocycles. The van der Waals surface area contributed by atoms with Crippen molar-refractivity contribution >= 4 is 23.2 Å². The van der Waals surface area contributed by atoms with Crippen molar-refractivity contribution in [3.63, 3.8) is 0 Å². The Hall–Kier alpha value is -3.74. The first-order valence-corrected chi connectivity index (χ1v) is 8.96. The van der Waals surface area contributed by atoms with Gasteiger partial charge >= 0.3 is 0 Å². The average molecular weight is 372 g/mol. The van der Waals surface area contributed by atoms with Crippen molar-refractivity contribution in [2.45, 2.75) is 20.4 Å². The molecule has 2 N–H and O–H groups in total. The van der Waals surface area contributed by atoms with Crippen molar-refractivity contribution in [3.8, 4) is 0 Å². The second-order valence-electron chi connectivity index (χ2n) is 6.60. The summed E-state index contributed by atoms with van der Waals surface area (Å²) in [5.41, 5.74) is 5.22. The van der Waals surface area contributed by atoms with Crippen LogP contribution in [0.5, 0.6) is 0 Å². The Labute approximate surface area is 162 Å². The van der Waals surface area contributed by atoms with E-state index in [1.165, 1.54) is 12.4 Å². The van der Waals surface area contributed by atoms with Gasteiger partial charge in [-0.2, -0.15) is 0 Å². The number of nitrogens with one attached hydrogen (secondary N) is 2. The van der Waals surface area contributed by atoms with Gasteiger partial charge in [-0.3, -0.25) is 4.79 Å². The van der Waals surface area contributed by atoms with Crippen LogP contribution in [-0.4, -0.2) is 25.3 Å². The smallest absolute Gasteiger partial charge is 0.254 e. The van der Waals surface area contributed by atoms with Crippen molar-refractivity contribution in [1.82, 2.24) is 24.7 Å². The standard InChI is InChI=1S/C21H20N6O/c1-14-8-15(2)27-13-18(25-19(27)9-14)12-22-20(28)16-10-23-21(24-11-16)26-17-6-4-3-5-7-17/h3-11,13H,12H2,1-2H3,(H,22,28)(H,23,24,26). The summed E-state index contributed by atoms with van der Waals surface area (Å²) < 4.78 is 2.02. The predicted molar refractivity (Wildman–Crippen MR) is 108 cm³/mol. The number of aryl methyl sites for hydroxylation is 2. The van der Waals surface area contributed by atoms with E-state index in [0.717, 1.165) is 28.3 Å². The Morgan fingerprint density at radius 1 is 1.07 bits per heavy atom. The van der Waals surface area contributed by atoms with Crippen molar-refractivity contribution in [3.05, 3.63) is 83.6 Å². The van der Waals surface area contributed by atoms with E-state index >= 15 is 0 Å². The number of carbonyl (C=O) groups excluding carboxylic acids is 1. The Kier molecular flexibility index (Phi) is 4.72. The fourth-order valence-corrected chi connectivity index (χ4v) is 2.99. The lowest BCUT2D eigenvalue weighted by atomic mass is 10.2. The third-order valence-corrected chi connectivity index (χ3v) is 4.33. The number of nitrogens with zero attached hydrogens (tertiary/aromatic N) is 4. The highest BCUT2D eigenvalue weighted by Gasteiger charge is 2.10. The second kappa shape index (κ2) is 7.48. The molecule has 1 amide bonds. The summed E-state index contributed by atoms with van der Waals surface area (Å²) in [6, 6.07) is 13.7. The molecular formula is C21H20N6O. The summed E-state index contributed by atoms with van der Waals surface area (Å²) in [5.74, 6) is 0.199. The molecule has 0 aliphatic rings. The van der Waals surface area contributed by atoms with Gasteiger partial charge in [0.1, 0.15) is 5.65 Å². The fraction of sp³-hybridized carbons (Fsp3) is 0.143. The number of anilines is 2. The van der Waals surface area contributed by atoms with Gasteiger partial charge in [0.2, 0.25) is 5.95 Å². The first kappa shape index (κ1) is 17.7. The van der Waals surface area contributed by atoms with Gasteiger partial charge < -0.3 is 15.0 Å². The molecule has 0 radical (unpaired) electrons. The van der Waals surface area contributed by atoms with Crippen LogP contribution in [-0.2, 0) is 6.54 Å². The summed E-state index contributed by atoms with van der Waals surface area (Å²) in [6.45, 7) is 4.41. The van der Waals surface area contributed by atoms with Crippen LogP contribution in [0.25, 0.3) is 5.65 Å². The molecule has 4 aromatic rings. The van der Waals surface area contributed by atoms with Gasteiger partial charge in [0.05, 0.1) is 17.8 Å². The third-order valence-electron chi connectivity index (χ3n) is 4.33. The first-order valence-electron chi connectivity index (χ1n) is 8.96. The lowest BCUT2D eigenvalue weighted by molar-refractivity contribution is 0.0950. The van der Waals surface area contributed by atoms with E-state index in [1.54, 1.807) is 0 Å². The molecule has 0 aliphatic carbocycles. The minimum atomic E-state index is -0.240. The molecule has 0 bridgehead atoms. The van der Waals surface area contributed by atoms with Crippen LogP contribution in [0.1, 0.15) is 27.3 Å². The van der Waals surface area contributed by atoms with Gasteiger partial charge in [-0.25, -0.2) is 15.0 Å². The topological polar surface area (TPSA) is 84.2 Å². The number of aromatic nitrogens is 4. The summed E-state index contributed by atoms with van der Waals surface area (Å²) in [5, 5.41) is 5.95. The number of para-hydroxylation sites is 1. The lowest BCUT2D eigenvalue weighted by Gasteiger charge is -2.06. The van der Waals surface area contributed by atoms with Gasteiger partial charge in [0.25, 0.3) is 5.91 Å². The minimum Gasteiger partial charge on any atom is -0.346 e. The number of carbonyl (C=O) groups is 1. The Morgan fingerprint density at radius 3 is 2.57 bits per heavy atom. The zero-order valence-electron chi connectivity index (χ0n) is 15.7. The lowest BCUT2D eigenvalue weighted by Crippen LogP contribution is -2.23. The second-order valence-corrected chi connectivity index (χ2v) is 6.60. The molecule has 7 nitrogen and oxygen atoms in total. The molecule has 3 aromatic heterocycles. The molecule has 0 spiro atoms. The monoisotopic (exact) mass is 372 g/mol. The predicted octanol–water partition coefficient (Wildman–Crippen LogP) is 3.41. The van der Waals surface area contributed by atoms with Crippen molar-refractivity contribution in [1.29, 1.82) is 0 Å². The molecule has 0 unspecified atom stereocenters. The van der Waals surface area contributed by atoms with Crippen molar-refractivity contribution in [2.75, 3.05) is 5.32 Å². The Bertz CT molecular complexity index is 1120. The normalized spacial score (nSPS) is 10.8. The number of amides is 1. The molecule has 3 heterocycles. The van der Waals surface area contributed by atoms with Crippen LogP contribution in [0.15, 0.2) is 61.1 Å². The summed E-state index contributed by atoms with van der Waals surface area (Å²) in [7, 11) is 0. The number of benzene rings is 1. The van der Waals surface area contributed by atoms with Crippen molar-refractivity contribution in [2.24, 2.45) is 0 Å². The number of fused-ring (bicyclic) bond motifs is 1. The van der Waals surface area contributed by atoms with Crippen LogP contribution < -0.4 is 10.6 Å². The Balaban J connectivity index is 1.40. The Morgan fingerprint density at radius 2 is 1.82 bits per heavy atom. The number of rotatable bonds is 5. The van der Waals surface area contributed by atoms with Crippen molar-refractivity contribution < 1.29 is 4.79 Å². The van der Waals surface area contributed by atoms with Crippen LogP contribution in [0, 0.1) is 13.8 Å². The largest absolute Gasteiger partial charge is 0.346 e. The van der Waals surface area contributed by atoms with E-state index < -0.39 is 0 Å². The third kappa shape index (κ3) is 3.83. The summed E-state index contributed by atoms with van der Waals surface area (Å²) in [6.07, 6.45) is 4.95. The van der Waals surface area contributed by atoms with E-state index in [4.69, 9.17) is 0 Å². The van der Waals surface area contributed by atoms with Gasteiger partial charge in [0, 0.05) is 30.0 Å². The minimum absolute atomic E-state index is 0.240. The van der Waals surface area contributed by atoms with Crippen LogP contribution in [0.4, 0.5) is 11.6 Å². The first-order chi connectivity index (χ1) is 13.6. The van der Waals surface area contributed by atoms with E-state index in [2.05, 4.69) is 31.7 Å². The maximum Gasteiger partial charge on any atom is 0.254 e. The molecule has 0 saturated heterocycles. The maximum absolute atomic E-state index is 12.4. The van der Waals surface area contributed by atoms with Gasteiger partial charge in [-0.05, 0) is 43.7 Å². The highest BCUT2D eigenvalue weighted by Crippen LogP contribution is 2.13. The molecule has 28 heavy (non-hydrogen) atoms. The molecule has 0 atom stereocenters. The summed E-state index contributed by atoms with van der Waals surface area (Å²) >= 11 is 0. The molecule has 7 heteroatoms. The SMILES string of the molecule is Cc1cc(C)n2cc(CNC(=O)c3cnc(Nc4ccccc4)nc3)nc2c1. The number of pyridine rings is 1. The zero-order valence-corrected chi connectivity index (χ0v) is 15.7. The highest BCUT2D eigenvalue weighted by molar-refractivity contribution is 5.93. The number of imidazole rings is 1. The molecule has 0 saturated carbocycles. The van der Waals surface area contributed by atoms with E-state index in [1.807, 2.05) is 60.8 Å². The number of hydrogen-bond acceptors (Lipinski definition) is 5. The fourth-order valence-electron chi connectivity index (χ4n) is 2.99. The molecule has 4 rings (SSSR count). The van der Waals surface area contributed by atoms with E-state index in [0.29, 0.717) is 18.1 Å². The van der Waals surface area contributed by atoms with Crippen LogP contribution in [0.2, 0.25) is 0 Å². The van der Waals surface area contributed by atoms with Gasteiger partial charge in [-0.15, -0.1) is 0 Å². The molecule has 140 valence electrons. The molecule has 0 fully saturated rings.